The summed E-state index contributed by atoms with van der Waals surface area (Å²) in [4.78, 5) is 3.97. The van der Waals surface area contributed by atoms with E-state index < -0.39 is 0 Å². The van der Waals surface area contributed by atoms with Crippen molar-refractivity contribution in [1.29, 1.82) is 0 Å². The minimum atomic E-state index is 0.570. The van der Waals surface area contributed by atoms with Crippen molar-refractivity contribution in [2.24, 2.45) is 0 Å². The Morgan fingerprint density at radius 1 is 1.00 bits per heavy atom. The summed E-state index contributed by atoms with van der Waals surface area (Å²) < 4.78 is 0. The molecule has 2 nitrogen and oxygen atoms in total. The van der Waals surface area contributed by atoms with Crippen molar-refractivity contribution in [3.05, 3.63) is 34.6 Å². The highest BCUT2D eigenvalue weighted by Gasteiger charge is 2.25. The van der Waals surface area contributed by atoms with Gasteiger partial charge in [0.15, 0.2) is 0 Å². The van der Waals surface area contributed by atoms with Gasteiger partial charge in [0.1, 0.15) is 5.82 Å². The zero-order chi connectivity index (χ0) is 10.5. The number of halogens is 2. The lowest BCUT2D eigenvalue weighted by Gasteiger charge is -2.15. The van der Waals surface area contributed by atoms with Gasteiger partial charge in [0.25, 0.3) is 0 Å². The summed E-state index contributed by atoms with van der Waals surface area (Å²) in [5, 5.41) is 1.14. The van der Waals surface area contributed by atoms with Gasteiger partial charge >= 0.3 is 0 Å². The summed E-state index contributed by atoms with van der Waals surface area (Å²) in [5.41, 5.74) is 2.07. The van der Waals surface area contributed by atoms with E-state index in [0.717, 1.165) is 17.2 Å². The van der Waals surface area contributed by atoms with Crippen LogP contribution in [-0.4, -0.2) is 14.1 Å². The first-order valence-corrected chi connectivity index (χ1v) is 4.93. The lowest BCUT2D eigenvalue weighted by atomic mass is 10.2. The Morgan fingerprint density at radius 2 is 1.36 bits per heavy atom. The maximum Gasteiger partial charge on any atom is 0.105 e. The van der Waals surface area contributed by atoms with E-state index in [4.69, 9.17) is 23.2 Å². The van der Waals surface area contributed by atoms with Crippen molar-refractivity contribution in [1.82, 2.24) is 0 Å². The summed E-state index contributed by atoms with van der Waals surface area (Å²) in [5.74, 6) is 0.915. The van der Waals surface area contributed by atoms with Crippen molar-refractivity contribution >= 4 is 34.6 Å². The van der Waals surface area contributed by atoms with E-state index in [1.54, 1.807) is 0 Å². The standard InChI is InChI=1S/C10H10Cl2N2/c1-6-13(2)9-4-7(11)8(12)5-10(9)14(6)3/h4-5H,1H2,2-3H3. The molecule has 1 aromatic rings. The van der Waals surface area contributed by atoms with Gasteiger partial charge in [-0.1, -0.05) is 29.8 Å². The largest absolute Gasteiger partial charge is 0.330 e. The van der Waals surface area contributed by atoms with E-state index in [1.165, 1.54) is 0 Å². The fourth-order valence-corrected chi connectivity index (χ4v) is 1.88. The number of hydrogen-bond donors (Lipinski definition) is 0. The number of anilines is 2. The second-order valence-corrected chi connectivity index (χ2v) is 4.10. The molecule has 1 heterocycles. The number of benzene rings is 1. The molecule has 2 rings (SSSR count). The molecule has 0 aromatic heterocycles. The van der Waals surface area contributed by atoms with Gasteiger partial charge in [-0.25, -0.2) is 0 Å². The van der Waals surface area contributed by atoms with Crippen molar-refractivity contribution in [3.63, 3.8) is 0 Å². The minimum Gasteiger partial charge on any atom is -0.330 e. The third-order valence-corrected chi connectivity index (χ3v) is 3.24. The molecule has 74 valence electrons. The fourth-order valence-electron chi connectivity index (χ4n) is 1.57. The Morgan fingerprint density at radius 3 is 1.71 bits per heavy atom. The fraction of sp³-hybridized carbons (Fsp3) is 0.200. The van der Waals surface area contributed by atoms with Crippen molar-refractivity contribution in [3.8, 4) is 0 Å². The van der Waals surface area contributed by atoms with E-state index in [2.05, 4.69) is 6.58 Å². The van der Waals surface area contributed by atoms with Crippen LogP contribution in [0.2, 0.25) is 10.0 Å². The third-order valence-electron chi connectivity index (χ3n) is 2.51. The van der Waals surface area contributed by atoms with Gasteiger partial charge in [-0.05, 0) is 12.1 Å². The predicted molar refractivity (Wildman–Crippen MR) is 62.4 cm³/mol. The van der Waals surface area contributed by atoms with Gasteiger partial charge in [0.05, 0.1) is 21.4 Å². The molecule has 1 aliphatic heterocycles. The first-order valence-electron chi connectivity index (χ1n) is 4.18. The molecule has 1 aromatic carbocycles. The normalized spacial score (nSPS) is 15.0. The highest BCUT2D eigenvalue weighted by Crippen LogP contribution is 2.43. The molecule has 0 bridgehead atoms. The van der Waals surface area contributed by atoms with Crippen LogP contribution in [-0.2, 0) is 0 Å². The SMILES string of the molecule is C=C1N(C)c2cc(Cl)c(Cl)cc2N1C. The molecule has 0 atom stereocenters. The van der Waals surface area contributed by atoms with Gasteiger partial charge in [0, 0.05) is 14.1 Å². The molecule has 0 unspecified atom stereocenters. The molecule has 0 fully saturated rings. The van der Waals surface area contributed by atoms with Crippen LogP contribution in [0.25, 0.3) is 0 Å². The van der Waals surface area contributed by atoms with Crippen LogP contribution in [0.5, 0.6) is 0 Å². The smallest absolute Gasteiger partial charge is 0.105 e. The molecule has 0 N–H and O–H groups in total. The Hall–Kier alpha value is -0.860. The van der Waals surface area contributed by atoms with Crippen LogP contribution < -0.4 is 9.80 Å². The van der Waals surface area contributed by atoms with Gasteiger partial charge in [-0.2, -0.15) is 0 Å². The van der Waals surface area contributed by atoms with Gasteiger partial charge in [-0.3, -0.25) is 0 Å². The summed E-state index contributed by atoms with van der Waals surface area (Å²) in [7, 11) is 3.91. The molecule has 0 saturated heterocycles. The van der Waals surface area contributed by atoms with E-state index >= 15 is 0 Å². The average Bonchev–Trinajstić information content (AvgIpc) is 2.34. The topological polar surface area (TPSA) is 6.48 Å². The van der Waals surface area contributed by atoms with Crippen LogP contribution in [0.4, 0.5) is 11.4 Å². The lowest BCUT2D eigenvalue weighted by molar-refractivity contribution is 1.06. The van der Waals surface area contributed by atoms with E-state index in [1.807, 2.05) is 36.0 Å². The van der Waals surface area contributed by atoms with Gasteiger partial charge in [-0.15, -0.1) is 0 Å². The number of nitrogens with zero attached hydrogens (tertiary/aromatic N) is 2. The Kier molecular flexibility index (Phi) is 2.13. The van der Waals surface area contributed by atoms with Crippen molar-refractivity contribution in [2.75, 3.05) is 23.9 Å². The van der Waals surface area contributed by atoms with Gasteiger partial charge in [0.2, 0.25) is 0 Å². The summed E-state index contributed by atoms with van der Waals surface area (Å²) >= 11 is 11.9. The summed E-state index contributed by atoms with van der Waals surface area (Å²) in [6.07, 6.45) is 0. The average molecular weight is 229 g/mol. The Labute approximate surface area is 93.3 Å². The Balaban J connectivity index is 2.64. The molecule has 0 amide bonds. The zero-order valence-corrected chi connectivity index (χ0v) is 9.52. The predicted octanol–water partition coefficient (Wildman–Crippen LogP) is 3.35. The Bertz CT molecular complexity index is 378. The van der Waals surface area contributed by atoms with Crippen molar-refractivity contribution < 1.29 is 0 Å². The van der Waals surface area contributed by atoms with Crippen molar-refractivity contribution in [2.45, 2.75) is 0 Å². The maximum atomic E-state index is 5.95. The summed E-state index contributed by atoms with van der Waals surface area (Å²) in [6, 6.07) is 3.71. The van der Waals surface area contributed by atoms with E-state index in [9.17, 15) is 0 Å². The monoisotopic (exact) mass is 228 g/mol. The first-order chi connectivity index (χ1) is 6.52. The zero-order valence-electron chi connectivity index (χ0n) is 8.01. The molecule has 14 heavy (non-hydrogen) atoms. The highest BCUT2D eigenvalue weighted by molar-refractivity contribution is 6.42. The van der Waals surface area contributed by atoms with Crippen LogP contribution in [0, 0.1) is 0 Å². The second kappa shape index (κ2) is 3.07. The number of fused-ring (bicyclic) bond motifs is 1. The molecule has 0 saturated carbocycles. The van der Waals surface area contributed by atoms with Crippen LogP contribution in [0.1, 0.15) is 0 Å². The minimum absolute atomic E-state index is 0.570. The molecule has 4 heteroatoms. The van der Waals surface area contributed by atoms with Crippen LogP contribution in [0.15, 0.2) is 24.5 Å². The number of rotatable bonds is 0. The maximum absolute atomic E-state index is 5.95. The number of hydrogen-bond acceptors (Lipinski definition) is 2. The molecule has 0 aliphatic carbocycles. The van der Waals surface area contributed by atoms with Gasteiger partial charge < -0.3 is 9.80 Å². The summed E-state index contributed by atoms with van der Waals surface area (Å²) in [6.45, 7) is 3.96. The first kappa shape index (κ1) is 9.69. The molecular weight excluding hydrogens is 219 g/mol. The van der Waals surface area contributed by atoms with E-state index in [0.29, 0.717) is 10.0 Å². The van der Waals surface area contributed by atoms with Crippen LogP contribution >= 0.6 is 23.2 Å². The molecule has 1 aliphatic rings. The second-order valence-electron chi connectivity index (χ2n) is 3.29. The third kappa shape index (κ3) is 1.18. The van der Waals surface area contributed by atoms with Crippen LogP contribution in [0.3, 0.4) is 0 Å². The highest BCUT2D eigenvalue weighted by atomic mass is 35.5. The molecular formula is C10H10Cl2N2. The molecule has 0 radical (unpaired) electrons. The lowest BCUT2D eigenvalue weighted by Crippen LogP contribution is -2.20. The molecule has 0 spiro atoms. The van der Waals surface area contributed by atoms with E-state index in [-0.39, 0.29) is 0 Å². The quantitative estimate of drug-likeness (QED) is 0.673.